The second-order valence-corrected chi connectivity index (χ2v) is 16.9. The third kappa shape index (κ3) is 9.58. The topological polar surface area (TPSA) is 152 Å². The molecule has 10 rings (SSSR count). The van der Waals surface area contributed by atoms with Gasteiger partial charge in [-0.1, -0.05) is 38.1 Å². The molecule has 4 aromatic carbocycles. The maximum atomic E-state index is 14.2. The van der Waals surface area contributed by atoms with Gasteiger partial charge in [0.05, 0.1) is 45.8 Å². The first-order chi connectivity index (χ1) is 31.5. The number of amides is 2. The number of ether oxygens (including phenoxy) is 1. The largest absolute Gasteiger partial charge is 0.385 e. The molecule has 0 saturated heterocycles. The Kier molecular flexibility index (Phi) is 12.3. The molecule has 8 aromatic rings. The maximum Gasteiger partial charge on any atom is 0.251 e. The van der Waals surface area contributed by atoms with Crippen molar-refractivity contribution in [2.45, 2.75) is 64.5 Å². The molecule has 4 heterocycles. The van der Waals surface area contributed by atoms with Crippen molar-refractivity contribution in [3.8, 4) is 22.5 Å². The van der Waals surface area contributed by atoms with E-state index in [2.05, 4.69) is 55.1 Å². The highest BCUT2D eigenvalue weighted by molar-refractivity contribution is 5.96. The number of hydrogen-bond donors (Lipinski definition) is 4. The lowest BCUT2D eigenvalue weighted by atomic mass is 10.1. The van der Waals surface area contributed by atoms with Crippen molar-refractivity contribution in [1.82, 2.24) is 39.4 Å². The average molecular weight is 883 g/mol. The van der Waals surface area contributed by atoms with Crippen LogP contribution in [-0.2, 0) is 4.74 Å². The van der Waals surface area contributed by atoms with Crippen LogP contribution in [0.15, 0.2) is 91.3 Å². The third-order valence-electron chi connectivity index (χ3n) is 11.4. The molecule has 0 radical (unpaired) electrons. The Labute approximate surface area is 372 Å². The van der Waals surface area contributed by atoms with Crippen molar-refractivity contribution in [3.63, 3.8) is 0 Å². The molecule has 2 saturated carbocycles. The second kappa shape index (κ2) is 18.6. The fourth-order valence-electron chi connectivity index (χ4n) is 7.56. The molecule has 334 valence electrons. The van der Waals surface area contributed by atoms with Crippen LogP contribution in [0.2, 0.25) is 0 Å². The molecule has 2 amide bonds. The lowest BCUT2D eigenvalue weighted by molar-refractivity contribution is 0.0942. The quantitative estimate of drug-likeness (QED) is 0.0739. The van der Waals surface area contributed by atoms with Gasteiger partial charge >= 0.3 is 0 Å². The number of nitrogens with zero attached hydrogens (tertiary/aromatic N) is 6. The number of benzene rings is 4. The number of fused-ring (bicyclic) bond motifs is 6. The van der Waals surface area contributed by atoms with Crippen LogP contribution < -0.4 is 21.3 Å². The van der Waals surface area contributed by atoms with E-state index in [0.29, 0.717) is 93.5 Å². The Hall–Kier alpha value is -7.07. The van der Waals surface area contributed by atoms with E-state index >= 15 is 0 Å². The zero-order valence-corrected chi connectivity index (χ0v) is 36.3. The van der Waals surface area contributed by atoms with Crippen molar-refractivity contribution in [2.24, 2.45) is 5.92 Å². The molecule has 16 heteroatoms. The Bertz CT molecular complexity index is 3040. The molecule has 2 aliphatic rings. The average Bonchev–Trinajstić information content (AvgIpc) is 4.21. The number of hydrogen-bond acceptors (Lipinski definition) is 9. The van der Waals surface area contributed by atoms with E-state index in [0.717, 1.165) is 67.5 Å². The standard InChI is InChI=1S/C25H25F2N5O.C24H24FN5O2/c1-14(2)9-10-28-23-24-29-13-22(32(24)21-12-19(27)18(26)11-20(21)31-23)15-3-5-16(6-4-15)25(33)30-17-7-8-17;1-32-12-2-11-26-22-23-27-14-21(30(23)20-13-17(25)7-10-19(20)29-22)15-3-5-16(6-4-15)24(31)28-18-8-9-18/h3-6,11-14,17H,7-10H2,1-2H3,(H,28,31)(H,30,33);3-7,10,13-14,18H,2,8-9,11-12H2,1H3,(H,26,29)(H,28,31). The van der Waals surface area contributed by atoms with Gasteiger partial charge in [-0.05, 0) is 80.8 Å². The van der Waals surface area contributed by atoms with Gasteiger partial charge in [0.15, 0.2) is 34.6 Å². The molecule has 4 aromatic heterocycles. The molecule has 13 nitrogen and oxygen atoms in total. The summed E-state index contributed by atoms with van der Waals surface area (Å²) in [6.07, 6.45) is 9.34. The maximum absolute atomic E-state index is 14.2. The summed E-state index contributed by atoms with van der Waals surface area (Å²) < 4.78 is 51.1. The molecule has 0 bridgehead atoms. The van der Waals surface area contributed by atoms with Crippen LogP contribution in [0.25, 0.3) is 55.9 Å². The predicted molar refractivity (Wildman–Crippen MR) is 246 cm³/mol. The summed E-state index contributed by atoms with van der Waals surface area (Å²) in [5.74, 6) is -0.733. The SMILES string of the molecule is CC(C)CCNc1nc2cc(F)c(F)cc2n2c(-c3ccc(C(=O)NC4CC4)cc3)cnc12.COCCCNc1nc2ccc(F)cc2n2c(-c3ccc(C(=O)NC4CC4)cc3)cnc12. The summed E-state index contributed by atoms with van der Waals surface area (Å²) in [6.45, 7) is 6.26. The molecule has 0 aliphatic heterocycles. The summed E-state index contributed by atoms with van der Waals surface area (Å²) in [4.78, 5) is 43.0. The van der Waals surface area contributed by atoms with Gasteiger partial charge in [-0.15, -0.1) is 0 Å². The van der Waals surface area contributed by atoms with Gasteiger partial charge in [0, 0.05) is 79.3 Å². The molecule has 0 spiro atoms. The van der Waals surface area contributed by atoms with Crippen molar-refractivity contribution < 1.29 is 27.5 Å². The zero-order chi connectivity index (χ0) is 45.2. The smallest absolute Gasteiger partial charge is 0.251 e. The molecule has 2 aliphatic carbocycles. The van der Waals surface area contributed by atoms with Gasteiger partial charge in [0.2, 0.25) is 0 Å². The summed E-state index contributed by atoms with van der Waals surface area (Å²) in [5, 5.41) is 12.6. The highest BCUT2D eigenvalue weighted by atomic mass is 19.2. The molecule has 0 atom stereocenters. The lowest BCUT2D eigenvalue weighted by Gasteiger charge is -2.13. The van der Waals surface area contributed by atoms with Crippen LogP contribution >= 0.6 is 0 Å². The minimum atomic E-state index is -0.949. The first kappa shape index (κ1) is 43.2. The van der Waals surface area contributed by atoms with Gasteiger partial charge in [0.1, 0.15) is 5.82 Å². The van der Waals surface area contributed by atoms with Crippen LogP contribution in [0.1, 0.15) is 73.1 Å². The highest BCUT2D eigenvalue weighted by Gasteiger charge is 2.25. The first-order valence-electron chi connectivity index (χ1n) is 22.0. The summed E-state index contributed by atoms with van der Waals surface area (Å²) in [7, 11) is 1.67. The van der Waals surface area contributed by atoms with Crippen LogP contribution in [-0.4, -0.2) is 79.4 Å². The van der Waals surface area contributed by atoms with Gasteiger partial charge in [-0.25, -0.2) is 33.1 Å². The summed E-state index contributed by atoms with van der Waals surface area (Å²) in [6, 6.07) is 22.0. The number of carbonyl (C=O) groups is 2. The Morgan fingerprint density at radius 2 is 1.18 bits per heavy atom. The highest BCUT2D eigenvalue weighted by Crippen LogP contribution is 2.32. The van der Waals surface area contributed by atoms with Gasteiger partial charge in [0.25, 0.3) is 11.8 Å². The van der Waals surface area contributed by atoms with Crippen LogP contribution in [0.4, 0.5) is 24.8 Å². The van der Waals surface area contributed by atoms with E-state index in [-0.39, 0.29) is 23.7 Å². The van der Waals surface area contributed by atoms with Gasteiger partial charge in [-0.2, -0.15) is 0 Å². The number of aromatic nitrogens is 6. The van der Waals surface area contributed by atoms with Crippen LogP contribution in [0.5, 0.6) is 0 Å². The summed E-state index contributed by atoms with van der Waals surface area (Å²) in [5.41, 5.74) is 7.55. The molecular weight excluding hydrogens is 834 g/mol. The van der Waals surface area contributed by atoms with E-state index in [1.54, 1.807) is 54.2 Å². The predicted octanol–water partition coefficient (Wildman–Crippen LogP) is 9.21. The number of rotatable bonds is 15. The Morgan fingerprint density at radius 3 is 1.71 bits per heavy atom. The number of carbonyl (C=O) groups excluding carboxylic acids is 2. The van der Waals surface area contributed by atoms with Crippen LogP contribution in [0, 0.1) is 23.4 Å². The lowest BCUT2D eigenvalue weighted by Crippen LogP contribution is -2.25. The number of nitrogens with one attached hydrogen (secondary N) is 4. The minimum Gasteiger partial charge on any atom is -0.385 e. The summed E-state index contributed by atoms with van der Waals surface area (Å²) >= 11 is 0. The molecular formula is C49H49F3N10O3. The van der Waals surface area contributed by atoms with Crippen molar-refractivity contribution >= 4 is 56.8 Å². The van der Waals surface area contributed by atoms with E-state index in [1.807, 2.05) is 28.7 Å². The normalized spacial score (nSPS) is 13.6. The Morgan fingerprint density at radius 1 is 0.677 bits per heavy atom. The molecule has 2 fully saturated rings. The fraction of sp³-hybridized carbons (Fsp3) is 0.306. The molecule has 0 unspecified atom stereocenters. The van der Waals surface area contributed by atoms with Crippen molar-refractivity contribution in [3.05, 3.63) is 120 Å². The molecule has 65 heavy (non-hydrogen) atoms. The van der Waals surface area contributed by atoms with E-state index < -0.39 is 11.6 Å². The Balaban J connectivity index is 0.000000164. The zero-order valence-electron chi connectivity index (χ0n) is 36.3. The second-order valence-electron chi connectivity index (χ2n) is 16.9. The van der Waals surface area contributed by atoms with E-state index in [4.69, 9.17) is 4.74 Å². The van der Waals surface area contributed by atoms with E-state index in [1.165, 1.54) is 12.1 Å². The first-order valence-corrected chi connectivity index (χ1v) is 22.0. The fourth-order valence-corrected chi connectivity index (χ4v) is 7.56. The molecule has 4 N–H and O–H groups in total. The number of imidazole rings is 2. The van der Waals surface area contributed by atoms with Crippen molar-refractivity contribution in [1.29, 1.82) is 0 Å². The van der Waals surface area contributed by atoms with Crippen LogP contribution in [0.3, 0.4) is 0 Å². The van der Waals surface area contributed by atoms with Crippen molar-refractivity contribution in [2.75, 3.05) is 37.4 Å². The van der Waals surface area contributed by atoms with Gasteiger partial charge < -0.3 is 26.0 Å². The third-order valence-corrected chi connectivity index (χ3v) is 11.4. The minimum absolute atomic E-state index is 0.0588. The monoisotopic (exact) mass is 882 g/mol. The number of anilines is 2. The van der Waals surface area contributed by atoms with Gasteiger partial charge in [-0.3, -0.25) is 18.4 Å². The number of halogens is 3. The number of methoxy groups -OCH3 is 1. The van der Waals surface area contributed by atoms with E-state index in [9.17, 15) is 22.8 Å².